The van der Waals surface area contributed by atoms with Crippen molar-refractivity contribution in [2.24, 2.45) is 0 Å². The molecule has 47 heavy (non-hydrogen) atoms. The van der Waals surface area contributed by atoms with E-state index in [1.807, 2.05) is 4.90 Å². The standard InChI is InChI=1S/C32H34F4N4O6S/c1-47(43,44)26-9-7-23(8-10-26)45-24-12-16-40(17-13-24)31(42)22-4-11-29(37-18-22)30(41)38-28-14-15-39(20-27(28)33)19-21-2-5-25(6-3-21)46-32(34,35)36/h2-11,18,24,27-28H,12-17,19-20H2,1H3,(H,38,41)/t27-,28-/m1/s1. The fraction of sp³-hybridized carbons (Fsp3) is 0.406. The van der Waals surface area contributed by atoms with Crippen LogP contribution in [0, 0.1) is 0 Å². The maximum absolute atomic E-state index is 15.0. The maximum Gasteiger partial charge on any atom is 0.573 e. The number of amides is 2. The summed E-state index contributed by atoms with van der Waals surface area (Å²) >= 11 is 0. The zero-order valence-corrected chi connectivity index (χ0v) is 26.3. The van der Waals surface area contributed by atoms with E-state index in [0.717, 1.165) is 6.26 Å². The number of pyridine rings is 1. The average molecular weight is 679 g/mol. The molecule has 2 aromatic carbocycles. The third-order valence-electron chi connectivity index (χ3n) is 8.03. The van der Waals surface area contributed by atoms with E-state index >= 15 is 4.39 Å². The smallest absolute Gasteiger partial charge is 0.490 e. The van der Waals surface area contributed by atoms with Gasteiger partial charge in [0.15, 0.2) is 9.84 Å². The van der Waals surface area contributed by atoms with E-state index in [1.54, 1.807) is 17.0 Å². The molecule has 2 amide bonds. The van der Waals surface area contributed by atoms with Gasteiger partial charge in [-0.3, -0.25) is 19.5 Å². The molecule has 252 valence electrons. The highest BCUT2D eigenvalue weighted by molar-refractivity contribution is 7.90. The lowest BCUT2D eigenvalue weighted by molar-refractivity contribution is -0.274. The van der Waals surface area contributed by atoms with Gasteiger partial charge in [0.25, 0.3) is 11.8 Å². The van der Waals surface area contributed by atoms with Crippen LogP contribution in [0.25, 0.3) is 0 Å². The molecular formula is C32H34F4N4O6S. The van der Waals surface area contributed by atoms with Gasteiger partial charge in [-0.05, 0) is 60.5 Å². The van der Waals surface area contributed by atoms with Gasteiger partial charge < -0.3 is 19.7 Å². The number of carbonyl (C=O) groups excluding carboxylic acids is 2. The molecule has 0 aliphatic carbocycles. The summed E-state index contributed by atoms with van der Waals surface area (Å²) in [4.78, 5) is 33.7. The van der Waals surface area contributed by atoms with Gasteiger partial charge in [-0.1, -0.05) is 12.1 Å². The van der Waals surface area contributed by atoms with Crippen LogP contribution in [0.3, 0.4) is 0 Å². The normalized spacial score (nSPS) is 19.6. The first kappa shape index (κ1) is 34.1. The van der Waals surface area contributed by atoms with Gasteiger partial charge in [0.2, 0.25) is 0 Å². The number of halogens is 4. The number of ether oxygens (including phenoxy) is 2. The van der Waals surface area contributed by atoms with Crippen molar-refractivity contribution in [1.82, 2.24) is 20.1 Å². The number of aromatic nitrogens is 1. The lowest BCUT2D eigenvalue weighted by Crippen LogP contribution is -2.52. The molecule has 3 aromatic rings. The number of nitrogens with zero attached hydrogens (tertiary/aromatic N) is 3. The Morgan fingerprint density at radius 2 is 1.60 bits per heavy atom. The Morgan fingerprint density at radius 3 is 2.17 bits per heavy atom. The number of hydrogen-bond acceptors (Lipinski definition) is 8. The number of alkyl halides is 4. The van der Waals surface area contributed by atoms with E-state index in [4.69, 9.17) is 4.74 Å². The van der Waals surface area contributed by atoms with Gasteiger partial charge in [0.1, 0.15) is 29.5 Å². The molecule has 2 saturated heterocycles. The summed E-state index contributed by atoms with van der Waals surface area (Å²) in [5.74, 6) is -0.578. The quantitative estimate of drug-likeness (QED) is 0.331. The molecule has 15 heteroatoms. The molecule has 10 nitrogen and oxygen atoms in total. The van der Waals surface area contributed by atoms with Crippen LogP contribution < -0.4 is 14.8 Å². The van der Waals surface area contributed by atoms with Crippen molar-refractivity contribution in [3.05, 3.63) is 83.7 Å². The Balaban J connectivity index is 1.06. The van der Waals surface area contributed by atoms with Crippen LogP contribution in [0.1, 0.15) is 45.7 Å². The molecule has 3 heterocycles. The minimum atomic E-state index is -4.78. The second-order valence-corrected chi connectivity index (χ2v) is 13.6. The Bertz CT molecular complexity index is 1650. The van der Waals surface area contributed by atoms with Crippen LogP contribution in [-0.2, 0) is 16.4 Å². The lowest BCUT2D eigenvalue weighted by atomic mass is 10.0. The first-order valence-corrected chi connectivity index (χ1v) is 16.9. The second-order valence-electron chi connectivity index (χ2n) is 11.6. The van der Waals surface area contributed by atoms with E-state index in [1.165, 1.54) is 54.7 Å². The molecule has 2 fully saturated rings. The summed E-state index contributed by atoms with van der Waals surface area (Å²) in [5, 5.41) is 2.68. The first-order chi connectivity index (χ1) is 22.2. The zero-order chi connectivity index (χ0) is 33.8. The minimum absolute atomic E-state index is 0.0316. The van der Waals surface area contributed by atoms with Crippen LogP contribution in [0.15, 0.2) is 71.8 Å². The highest BCUT2D eigenvalue weighted by atomic mass is 32.2. The molecule has 0 bridgehead atoms. The van der Waals surface area contributed by atoms with E-state index in [9.17, 15) is 31.2 Å². The minimum Gasteiger partial charge on any atom is -0.490 e. The van der Waals surface area contributed by atoms with Crippen molar-refractivity contribution in [1.29, 1.82) is 0 Å². The summed E-state index contributed by atoms with van der Waals surface area (Å²) < 4.78 is 85.2. The van der Waals surface area contributed by atoms with Crippen LogP contribution in [0.4, 0.5) is 17.6 Å². The van der Waals surface area contributed by atoms with Crippen LogP contribution in [-0.4, -0.2) is 92.1 Å². The molecule has 1 aromatic heterocycles. The van der Waals surface area contributed by atoms with Gasteiger partial charge in [-0.2, -0.15) is 0 Å². The molecule has 0 spiro atoms. The molecule has 5 rings (SSSR count). The number of benzene rings is 2. The Kier molecular flexibility index (Phi) is 10.3. The zero-order valence-electron chi connectivity index (χ0n) is 25.5. The predicted octanol–water partition coefficient (Wildman–Crippen LogP) is 4.41. The number of rotatable bonds is 9. The Labute approximate surface area is 269 Å². The second kappa shape index (κ2) is 14.3. The predicted molar refractivity (Wildman–Crippen MR) is 163 cm³/mol. The summed E-state index contributed by atoms with van der Waals surface area (Å²) in [6.07, 6.45) is -2.33. The van der Waals surface area contributed by atoms with E-state index in [-0.39, 0.29) is 34.9 Å². The average Bonchev–Trinajstić information content (AvgIpc) is 3.02. The van der Waals surface area contributed by atoms with Crippen molar-refractivity contribution in [2.75, 3.05) is 32.4 Å². The number of likely N-dealkylation sites (tertiary alicyclic amines) is 2. The molecule has 0 saturated carbocycles. The SMILES string of the molecule is CS(=O)(=O)c1ccc(OC2CCN(C(=O)c3ccc(C(=O)N[C@@H]4CCN(Cc5ccc(OC(F)(F)F)cc5)C[C@H]4F)nc3)CC2)cc1. The van der Waals surface area contributed by atoms with Crippen LogP contribution in [0.2, 0.25) is 0 Å². The van der Waals surface area contributed by atoms with Gasteiger partial charge in [0.05, 0.1) is 16.5 Å². The van der Waals surface area contributed by atoms with E-state index in [2.05, 4.69) is 15.0 Å². The maximum atomic E-state index is 15.0. The number of piperidine rings is 2. The van der Waals surface area contributed by atoms with Gasteiger partial charge in [-0.15, -0.1) is 13.2 Å². The summed E-state index contributed by atoms with van der Waals surface area (Å²) in [5.41, 5.74) is 1.06. The third kappa shape index (κ3) is 9.41. The molecule has 2 aliphatic rings. The van der Waals surface area contributed by atoms with Gasteiger partial charge in [0, 0.05) is 58.0 Å². The number of nitrogens with one attached hydrogen (secondary N) is 1. The Morgan fingerprint density at radius 1 is 0.936 bits per heavy atom. The van der Waals surface area contributed by atoms with E-state index < -0.39 is 34.3 Å². The molecule has 0 unspecified atom stereocenters. The molecule has 1 N–H and O–H groups in total. The summed E-state index contributed by atoms with van der Waals surface area (Å²) in [6, 6.07) is 13.8. The molecule has 0 radical (unpaired) electrons. The monoisotopic (exact) mass is 678 g/mol. The van der Waals surface area contributed by atoms with Gasteiger partial charge in [-0.25, -0.2) is 12.8 Å². The van der Waals surface area contributed by atoms with Crippen molar-refractivity contribution < 1.29 is 45.0 Å². The number of sulfone groups is 1. The van der Waals surface area contributed by atoms with E-state index in [0.29, 0.717) is 62.3 Å². The molecule has 2 atom stereocenters. The van der Waals surface area contributed by atoms with Crippen molar-refractivity contribution in [3.63, 3.8) is 0 Å². The fourth-order valence-electron chi connectivity index (χ4n) is 5.54. The molecule has 2 aliphatic heterocycles. The number of hydrogen-bond donors (Lipinski definition) is 1. The third-order valence-corrected chi connectivity index (χ3v) is 9.16. The van der Waals surface area contributed by atoms with Crippen molar-refractivity contribution in [3.8, 4) is 11.5 Å². The highest BCUT2D eigenvalue weighted by Gasteiger charge is 2.32. The van der Waals surface area contributed by atoms with Gasteiger partial charge >= 0.3 is 6.36 Å². The topological polar surface area (TPSA) is 118 Å². The van der Waals surface area contributed by atoms with Crippen molar-refractivity contribution in [2.45, 2.75) is 55.4 Å². The molecular weight excluding hydrogens is 644 g/mol. The summed E-state index contributed by atoms with van der Waals surface area (Å²) in [7, 11) is -3.30. The lowest BCUT2D eigenvalue weighted by Gasteiger charge is -2.35. The largest absolute Gasteiger partial charge is 0.573 e. The number of carbonyl (C=O) groups is 2. The fourth-order valence-corrected chi connectivity index (χ4v) is 6.17. The summed E-state index contributed by atoms with van der Waals surface area (Å²) in [6.45, 7) is 1.72. The van der Waals surface area contributed by atoms with Crippen molar-refractivity contribution >= 4 is 21.7 Å². The highest BCUT2D eigenvalue weighted by Crippen LogP contribution is 2.25. The van der Waals surface area contributed by atoms with Crippen LogP contribution >= 0.6 is 0 Å². The first-order valence-electron chi connectivity index (χ1n) is 15.0. The Hall–Kier alpha value is -4.24. The van der Waals surface area contributed by atoms with Crippen LogP contribution in [0.5, 0.6) is 11.5 Å².